The van der Waals surface area contributed by atoms with Crippen LogP contribution < -0.4 is 16.2 Å². The number of nitrogens with one attached hydrogen (secondary N) is 3. The smallest absolute Gasteiger partial charge is 0.287 e. The molecule has 3 N–H and O–H groups in total. The number of amides is 1. The number of benzene rings is 1. The molecule has 1 saturated heterocycles. The molecule has 10 heteroatoms. The minimum absolute atomic E-state index is 0.156. The highest BCUT2D eigenvalue weighted by Gasteiger charge is 2.23. The quantitative estimate of drug-likeness (QED) is 0.313. The molecule has 0 radical (unpaired) electrons. The number of pyridine rings is 1. The summed E-state index contributed by atoms with van der Waals surface area (Å²) in [4.78, 5) is 41.1. The zero-order valence-electron chi connectivity index (χ0n) is 23.4. The first-order valence-electron chi connectivity index (χ1n) is 13.4. The van der Waals surface area contributed by atoms with E-state index in [1.165, 1.54) is 18.2 Å². The van der Waals surface area contributed by atoms with Crippen molar-refractivity contribution >= 4 is 23.1 Å². The van der Waals surface area contributed by atoms with Crippen molar-refractivity contribution in [3.63, 3.8) is 0 Å². The van der Waals surface area contributed by atoms with Crippen LogP contribution in [-0.2, 0) is 5.41 Å². The van der Waals surface area contributed by atoms with Crippen LogP contribution in [0.5, 0.6) is 0 Å². The van der Waals surface area contributed by atoms with Gasteiger partial charge in [0.25, 0.3) is 11.5 Å². The normalized spacial score (nSPS) is 15.7. The zero-order valence-corrected chi connectivity index (χ0v) is 23.4. The van der Waals surface area contributed by atoms with E-state index in [0.717, 1.165) is 29.8 Å². The van der Waals surface area contributed by atoms with Crippen LogP contribution in [0.4, 0.5) is 17.2 Å². The van der Waals surface area contributed by atoms with E-state index in [9.17, 15) is 9.59 Å². The van der Waals surface area contributed by atoms with E-state index >= 15 is 0 Å². The van der Waals surface area contributed by atoms with Crippen molar-refractivity contribution in [2.75, 3.05) is 24.2 Å². The summed E-state index contributed by atoms with van der Waals surface area (Å²) in [5.74, 6) is 0.215. The van der Waals surface area contributed by atoms with Crippen LogP contribution >= 0.6 is 0 Å². The topological polar surface area (TPSA) is 129 Å². The van der Waals surface area contributed by atoms with Crippen LogP contribution in [0.15, 0.2) is 59.8 Å². The molecule has 0 aliphatic carbocycles. The van der Waals surface area contributed by atoms with Gasteiger partial charge in [0.1, 0.15) is 17.2 Å². The Labute approximate surface area is 233 Å². The van der Waals surface area contributed by atoms with Crippen LogP contribution in [0.2, 0.25) is 0 Å². The second kappa shape index (κ2) is 11.0. The summed E-state index contributed by atoms with van der Waals surface area (Å²) in [6.07, 6.45) is 7.28. The van der Waals surface area contributed by atoms with E-state index in [-0.39, 0.29) is 22.6 Å². The number of anilines is 3. The van der Waals surface area contributed by atoms with Crippen molar-refractivity contribution in [3.8, 4) is 11.3 Å². The zero-order chi connectivity index (χ0) is 28.4. The van der Waals surface area contributed by atoms with Gasteiger partial charge in [-0.2, -0.15) is 5.10 Å². The predicted octanol–water partition coefficient (Wildman–Crippen LogP) is 4.99. The third-order valence-corrected chi connectivity index (χ3v) is 7.27. The summed E-state index contributed by atoms with van der Waals surface area (Å²) in [7, 11) is 2.13. The summed E-state index contributed by atoms with van der Waals surface area (Å²) in [5, 5.41) is 12.9. The molecular weight excluding hydrogens is 504 g/mol. The van der Waals surface area contributed by atoms with Crippen LogP contribution in [0.25, 0.3) is 11.3 Å². The maximum atomic E-state index is 12.9. The monoisotopic (exact) mass is 538 g/mol. The Morgan fingerprint density at radius 1 is 1.05 bits per heavy atom. The minimum atomic E-state index is -0.358. The van der Waals surface area contributed by atoms with Gasteiger partial charge < -0.3 is 10.6 Å². The Morgan fingerprint density at radius 2 is 1.88 bits per heavy atom. The molecule has 5 rings (SSSR count). The number of hydrogen-bond acceptors (Lipinski definition) is 8. The van der Waals surface area contributed by atoms with Gasteiger partial charge in [-0.1, -0.05) is 39.0 Å². The lowest BCUT2D eigenvalue weighted by Gasteiger charge is -2.19. The van der Waals surface area contributed by atoms with Crippen molar-refractivity contribution < 1.29 is 4.79 Å². The summed E-state index contributed by atoms with van der Waals surface area (Å²) < 4.78 is 0. The average Bonchev–Trinajstić information content (AvgIpc) is 3.37. The van der Waals surface area contributed by atoms with Crippen molar-refractivity contribution in [2.45, 2.75) is 52.0 Å². The van der Waals surface area contributed by atoms with Crippen LogP contribution in [-0.4, -0.2) is 49.5 Å². The van der Waals surface area contributed by atoms with Gasteiger partial charge in [0.2, 0.25) is 0 Å². The van der Waals surface area contributed by atoms with E-state index in [1.807, 2.05) is 58.2 Å². The highest BCUT2D eigenvalue weighted by atomic mass is 16.2. The average molecular weight is 539 g/mol. The summed E-state index contributed by atoms with van der Waals surface area (Å²) in [6.45, 7) is 9.10. The second-order valence-corrected chi connectivity index (χ2v) is 11.2. The van der Waals surface area contributed by atoms with Gasteiger partial charge in [-0.3, -0.25) is 19.5 Å². The molecule has 0 spiro atoms. The maximum absolute atomic E-state index is 12.9. The number of hydrogen-bond donors (Lipinski definition) is 3. The van der Waals surface area contributed by atoms with Crippen molar-refractivity contribution in [3.05, 3.63) is 87.9 Å². The van der Waals surface area contributed by atoms with Crippen LogP contribution in [0, 0.1) is 6.92 Å². The number of likely N-dealkylation sites (tertiary alicyclic amines) is 1. The first-order valence-corrected chi connectivity index (χ1v) is 13.4. The molecule has 1 atom stereocenters. The summed E-state index contributed by atoms with van der Waals surface area (Å²) >= 11 is 0. The number of carbonyl (C=O) groups is 1. The molecule has 1 unspecified atom stereocenters. The first kappa shape index (κ1) is 27.1. The highest BCUT2D eigenvalue weighted by molar-refractivity contribution is 6.03. The number of aromatic amines is 1. The Hall–Kier alpha value is -4.44. The molecule has 40 heavy (non-hydrogen) atoms. The molecule has 10 nitrogen and oxygen atoms in total. The van der Waals surface area contributed by atoms with E-state index in [2.05, 4.69) is 53.8 Å². The number of aromatic nitrogens is 5. The first-order chi connectivity index (χ1) is 19.1. The molecule has 1 amide bonds. The third-order valence-electron chi connectivity index (χ3n) is 7.27. The van der Waals surface area contributed by atoms with Gasteiger partial charge in [0.15, 0.2) is 0 Å². The van der Waals surface area contributed by atoms with Crippen LogP contribution in [0.3, 0.4) is 0 Å². The molecule has 1 aliphatic heterocycles. The van der Waals surface area contributed by atoms with Gasteiger partial charge in [0, 0.05) is 35.1 Å². The lowest BCUT2D eigenvalue weighted by Crippen LogP contribution is -2.18. The minimum Gasteiger partial charge on any atom is -0.336 e. The van der Waals surface area contributed by atoms with Gasteiger partial charge in [-0.15, -0.1) is 0 Å². The van der Waals surface area contributed by atoms with Gasteiger partial charge >= 0.3 is 0 Å². The van der Waals surface area contributed by atoms with Gasteiger partial charge in [0.05, 0.1) is 17.6 Å². The van der Waals surface area contributed by atoms with Crippen molar-refractivity contribution in [1.82, 2.24) is 30.0 Å². The van der Waals surface area contributed by atoms with Crippen molar-refractivity contribution in [1.29, 1.82) is 0 Å². The SMILES string of the molecule is Cc1c(NC(=O)c2cnc(C(C)(C)C)cn2)cccc1-c1cc(Nc2ccc(C3CCCN3C)cn2)c(=O)[nH]n1. The lowest BCUT2D eigenvalue weighted by molar-refractivity contribution is 0.102. The van der Waals surface area contributed by atoms with E-state index < -0.39 is 0 Å². The molecule has 1 aromatic carbocycles. The Balaban J connectivity index is 1.34. The Kier molecular flexibility index (Phi) is 7.44. The predicted molar refractivity (Wildman–Crippen MR) is 156 cm³/mol. The van der Waals surface area contributed by atoms with Gasteiger partial charge in [-0.25, -0.2) is 15.1 Å². The van der Waals surface area contributed by atoms with Crippen LogP contribution in [0.1, 0.15) is 67.0 Å². The second-order valence-electron chi connectivity index (χ2n) is 11.2. The number of rotatable bonds is 6. The highest BCUT2D eigenvalue weighted by Crippen LogP contribution is 2.31. The molecule has 1 fully saturated rings. The molecule has 0 bridgehead atoms. The van der Waals surface area contributed by atoms with E-state index in [0.29, 0.717) is 28.9 Å². The Morgan fingerprint density at radius 3 is 2.52 bits per heavy atom. The largest absolute Gasteiger partial charge is 0.336 e. The van der Waals surface area contributed by atoms with E-state index in [1.54, 1.807) is 12.3 Å². The maximum Gasteiger partial charge on any atom is 0.287 e. The molecule has 3 aromatic heterocycles. The standard InChI is InChI=1S/C30H34N8O2/c1-18-20(8-6-9-21(18)35-28(39)24-16-32-26(17-31-24)30(2,3)4)22-14-23(29(40)37-36-22)34-27-12-11-19(15-33-27)25-10-7-13-38(25)5/h6,8-9,11-12,14-17,25H,7,10,13H2,1-5H3,(H,35,39)(H,37,40)(H,33,34,36). The number of nitrogens with zero attached hydrogens (tertiary/aromatic N) is 5. The Bertz CT molecular complexity index is 1570. The summed E-state index contributed by atoms with van der Waals surface area (Å²) in [5.41, 5.74) is 4.73. The van der Waals surface area contributed by atoms with E-state index in [4.69, 9.17) is 0 Å². The molecular formula is C30H34N8O2. The molecule has 1 aliphatic rings. The van der Waals surface area contributed by atoms with Gasteiger partial charge in [-0.05, 0) is 62.7 Å². The molecule has 206 valence electrons. The fourth-order valence-corrected chi connectivity index (χ4v) is 4.85. The lowest BCUT2D eigenvalue weighted by atomic mass is 9.93. The number of carbonyl (C=O) groups excluding carboxylic acids is 1. The molecule has 0 saturated carbocycles. The fourth-order valence-electron chi connectivity index (χ4n) is 4.85. The third kappa shape index (κ3) is 5.76. The van der Waals surface area contributed by atoms with Crippen molar-refractivity contribution in [2.24, 2.45) is 0 Å². The molecule has 4 aromatic rings. The number of H-pyrrole nitrogens is 1. The molecule has 4 heterocycles. The summed E-state index contributed by atoms with van der Waals surface area (Å²) in [6, 6.07) is 11.5. The fraction of sp³-hybridized carbons (Fsp3) is 0.333.